The van der Waals surface area contributed by atoms with Crippen LogP contribution < -0.4 is 0 Å². The van der Waals surface area contributed by atoms with E-state index >= 15 is 0 Å². The van der Waals surface area contributed by atoms with E-state index in [4.69, 9.17) is 4.74 Å². The van der Waals surface area contributed by atoms with Gasteiger partial charge >= 0.3 is 5.97 Å². The molecule has 88 valence electrons. The van der Waals surface area contributed by atoms with Gasteiger partial charge in [-0.05, 0) is 46.6 Å². The number of esters is 1. The van der Waals surface area contributed by atoms with Gasteiger partial charge in [0.1, 0.15) is 0 Å². The third kappa shape index (κ3) is 4.13. The normalized spacial score (nSPS) is 12.6. The molecule has 6 heteroatoms. The van der Waals surface area contributed by atoms with Crippen molar-refractivity contribution in [3.8, 4) is 0 Å². The number of rotatable bonds is 3. The van der Waals surface area contributed by atoms with Gasteiger partial charge in [-0.15, -0.1) is 0 Å². The molecule has 16 heavy (non-hydrogen) atoms. The lowest BCUT2D eigenvalue weighted by molar-refractivity contribution is 0.0490. The highest BCUT2D eigenvalue weighted by Gasteiger charge is 2.14. The number of carbonyl (C=O) groups excluding carboxylic acids is 1. The second kappa shape index (κ2) is 6.52. The molecule has 0 N–H and O–H groups in total. The molecule has 0 heterocycles. The molecule has 0 aromatic heterocycles. The molecule has 0 aliphatic rings. The summed E-state index contributed by atoms with van der Waals surface area (Å²) < 4.78 is 5.96. The van der Waals surface area contributed by atoms with Crippen LogP contribution in [0.5, 0.6) is 0 Å². The molecule has 0 radical (unpaired) electrons. The highest BCUT2D eigenvalue weighted by Crippen LogP contribution is 2.35. The zero-order valence-electron chi connectivity index (χ0n) is 8.22. The standard InChI is InChI=1S/C10H8Br4O2/c1-5(11)16-10(15)6-2-3-8(12)7(4-6)9(13)14/h2-5,9H,1H3. The first kappa shape index (κ1) is 14.7. The number of alkyl halides is 3. The minimum Gasteiger partial charge on any atom is -0.447 e. The van der Waals surface area contributed by atoms with Crippen LogP contribution in [0.25, 0.3) is 0 Å². The Bertz CT molecular complexity index is 390. The van der Waals surface area contributed by atoms with Crippen molar-refractivity contribution in [3.63, 3.8) is 0 Å². The maximum atomic E-state index is 11.6. The van der Waals surface area contributed by atoms with E-state index in [-0.39, 0.29) is 14.7 Å². The molecule has 0 saturated carbocycles. The van der Waals surface area contributed by atoms with Crippen molar-refractivity contribution in [2.24, 2.45) is 0 Å². The summed E-state index contributed by atoms with van der Waals surface area (Å²) in [6.07, 6.45) is 0. The van der Waals surface area contributed by atoms with Crippen molar-refractivity contribution in [2.45, 2.75) is 15.7 Å². The summed E-state index contributed by atoms with van der Waals surface area (Å²) in [4.78, 5) is 11.6. The van der Waals surface area contributed by atoms with Gasteiger partial charge in [0.2, 0.25) is 0 Å². The zero-order valence-corrected chi connectivity index (χ0v) is 14.6. The van der Waals surface area contributed by atoms with Gasteiger partial charge in [-0.3, -0.25) is 0 Å². The Hall–Kier alpha value is 0.610. The summed E-state index contributed by atoms with van der Waals surface area (Å²) in [6, 6.07) is 5.31. The van der Waals surface area contributed by atoms with Crippen molar-refractivity contribution in [1.82, 2.24) is 0 Å². The number of benzene rings is 1. The van der Waals surface area contributed by atoms with Crippen molar-refractivity contribution >= 4 is 69.7 Å². The van der Waals surface area contributed by atoms with Crippen LogP contribution in [-0.4, -0.2) is 11.0 Å². The Balaban J connectivity index is 2.98. The lowest BCUT2D eigenvalue weighted by Crippen LogP contribution is -2.09. The summed E-state index contributed by atoms with van der Waals surface area (Å²) in [5, 5.41) is -0.296. The molecule has 0 aliphatic carbocycles. The Morgan fingerprint density at radius 2 is 1.94 bits per heavy atom. The smallest absolute Gasteiger partial charge is 0.339 e. The van der Waals surface area contributed by atoms with Crippen LogP contribution in [-0.2, 0) is 4.74 Å². The largest absolute Gasteiger partial charge is 0.447 e. The van der Waals surface area contributed by atoms with Crippen LogP contribution in [0.1, 0.15) is 26.6 Å². The van der Waals surface area contributed by atoms with E-state index in [0.717, 1.165) is 10.0 Å². The molecule has 1 atom stereocenters. The summed E-state index contributed by atoms with van der Waals surface area (Å²) in [5.41, 5.74) is 1.46. The summed E-state index contributed by atoms with van der Waals surface area (Å²) >= 11 is 13.4. The summed E-state index contributed by atoms with van der Waals surface area (Å²) in [7, 11) is 0. The number of hydrogen-bond acceptors (Lipinski definition) is 2. The van der Waals surface area contributed by atoms with E-state index in [1.807, 2.05) is 6.07 Å². The molecular weight excluding hydrogens is 472 g/mol. The molecule has 0 amide bonds. The second-order valence-corrected chi connectivity index (χ2v) is 8.19. The number of carbonyl (C=O) groups is 1. The molecule has 0 saturated heterocycles. The van der Waals surface area contributed by atoms with Crippen molar-refractivity contribution in [2.75, 3.05) is 0 Å². The Morgan fingerprint density at radius 3 is 2.44 bits per heavy atom. The first-order valence-electron chi connectivity index (χ1n) is 4.34. The molecular formula is C10H8Br4O2. The maximum absolute atomic E-state index is 11.6. The lowest BCUT2D eigenvalue weighted by Gasteiger charge is -2.10. The van der Waals surface area contributed by atoms with E-state index in [2.05, 4.69) is 63.7 Å². The highest BCUT2D eigenvalue weighted by atomic mass is 79.9. The molecule has 0 fully saturated rings. The van der Waals surface area contributed by atoms with E-state index in [1.54, 1.807) is 19.1 Å². The fourth-order valence-electron chi connectivity index (χ4n) is 1.05. The first-order chi connectivity index (χ1) is 7.41. The third-order valence-corrected chi connectivity index (χ3v) is 3.63. The van der Waals surface area contributed by atoms with Crippen molar-refractivity contribution in [1.29, 1.82) is 0 Å². The van der Waals surface area contributed by atoms with Gasteiger partial charge in [-0.2, -0.15) is 0 Å². The minimum atomic E-state index is -0.348. The van der Waals surface area contributed by atoms with Gasteiger partial charge in [0, 0.05) is 4.47 Å². The maximum Gasteiger partial charge on any atom is 0.339 e. The van der Waals surface area contributed by atoms with E-state index in [9.17, 15) is 4.79 Å². The molecule has 0 spiro atoms. The minimum absolute atomic E-state index is 0.0106. The predicted molar refractivity (Wildman–Crippen MR) is 78.5 cm³/mol. The van der Waals surface area contributed by atoms with Gasteiger partial charge in [-0.1, -0.05) is 47.8 Å². The van der Waals surface area contributed by atoms with Crippen LogP contribution in [0, 0.1) is 0 Å². The predicted octanol–water partition coefficient (Wildman–Crippen LogP) is 5.14. The molecule has 2 nitrogen and oxygen atoms in total. The second-order valence-electron chi connectivity index (χ2n) is 2.99. The van der Waals surface area contributed by atoms with E-state index in [0.29, 0.717) is 5.56 Å². The van der Waals surface area contributed by atoms with Gasteiger partial charge in [0.05, 0.1) is 9.30 Å². The monoisotopic (exact) mass is 476 g/mol. The van der Waals surface area contributed by atoms with Crippen LogP contribution in [0.15, 0.2) is 22.7 Å². The van der Waals surface area contributed by atoms with Crippen LogP contribution in [0.3, 0.4) is 0 Å². The number of halogens is 4. The van der Waals surface area contributed by atoms with Gasteiger partial charge in [0.15, 0.2) is 5.01 Å². The van der Waals surface area contributed by atoms with E-state index < -0.39 is 0 Å². The van der Waals surface area contributed by atoms with Gasteiger partial charge in [-0.25, -0.2) is 4.79 Å². The number of hydrogen-bond donors (Lipinski definition) is 0. The average molecular weight is 480 g/mol. The van der Waals surface area contributed by atoms with Crippen LogP contribution in [0.2, 0.25) is 0 Å². The molecule has 1 aromatic rings. The zero-order chi connectivity index (χ0) is 12.3. The topological polar surface area (TPSA) is 26.3 Å². The van der Waals surface area contributed by atoms with E-state index in [1.165, 1.54) is 0 Å². The Labute approximate surface area is 128 Å². The Kier molecular flexibility index (Phi) is 5.98. The lowest BCUT2D eigenvalue weighted by atomic mass is 10.1. The SMILES string of the molecule is CC(Br)OC(=O)c1ccc(Br)c(C(Br)Br)c1. The fourth-order valence-corrected chi connectivity index (χ4v) is 3.07. The molecule has 1 rings (SSSR count). The Morgan fingerprint density at radius 1 is 1.31 bits per heavy atom. The average Bonchev–Trinajstić information content (AvgIpc) is 2.16. The molecule has 1 unspecified atom stereocenters. The van der Waals surface area contributed by atoms with Crippen molar-refractivity contribution in [3.05, 3.63) is 33.8 Å². The summed E-state index contributed by atoms with van der Waals surface area (Å²) in [6.45, 7) is 1.75. The van der Waals surface area contributed by atoms with Crippen LogP contribution >= 0.6 is 63.7 Å². The fraction of sp³-hybridized carbons (Fsp3) is 0.300. The first-order valence-corrected chi connectivity index (χ1v) is 7.88. The molecule has 0 bridgehead atoms. The third-order valence-electron chi connectivity index (χ3n) is 1.74. The van der Waals surface area contributed by atoms with Gasteiger partial charge in [0.25, 0.3) is 0 Å². The highest BCUT2D eigenvalue weighted by molar-refractivity contribution is 9.24. The van der Waals surface area contributed by atoms with Crippen LogP contribution in [0.4, 0.5) is 0 Å². The summed E-state index contributed by atoms with van der Waals surface area (Å²) in [5.74, 6) is -0.348. The number of ether oxygens (including phenoxy) is 1. The quantitative estimate of drug-likeness (QED) is 0.443. The molecule has 0 aliphatic heterocycles. The van der Waals surface area contributed by atoms with Gasteiger partial charge < -0.3 is 4.74 Å². The molecule has 1 aromatic carbocycles. The van der Waals surface area contributed by atoms with Crippen molar-refractivity contribution < 1.29 is 9.53 Å².